The molecule has 0 amide bonds. The Morgan fingerprint density at radius 3 is 2.47 bits per heavy atom. The van der Waals surface area contributed by atoms with E-state index in [0.717, 1.165) is 4.47 Å². The van der Waals surface area contributed by atoms with Gasteiger partial charge in [0.2, 0.25) is 21.7 Å². The molecule has 0 saturated heterocycles. The summed E-state index contributed by atoms with van der Waals surface area (Å²) in [6.45, 7) is 3.64. The molecule has 0 saturated carbocycles. The van der Waals surface area contributed by atoms with Crippen LogP contribution >= 0.6 is 15.9 Å². The van der Waals surface area contributed by atoms with E-state index in [1.165, 1.54) is 29.6 Å². The topological polar surface area (TPSA) is 94.8 Å². The maximum Gasteiger partial charge on any atom is 0.243 e. The first-order valence-corrected chi connectivity index (χ1v) is 11.0. The van der Waals surface area contributed by atoms with Gasteiger partial charge >= 0.3 is 0 Å². The van der Waals surface area contributed by atoms with Gasteiger partial charge in [0, 0.05) is 16.6 Å². The van der Waals surface area contributed by atoms with Gasteiger partial charge in [0.05, 0.1) is 25.7 Å². The van der Waals surface area contributed by atoms with Gasteiger partial charge in [0.1, 0.15) is 0 Å². The standard InChI is InChI=1S/C20H20BrN3O5S/c1-4-11-24(30(25,26)16-8-6-15(21)7-9-16)13-19-22-20(23-29-19)14-5-10-17(27-2)18(12-14)28-3/h4-10,12H,1,11,13H2,2-3H3. The van der Waals surface area contributed by atoms with Crippen molar-refractivity contribution in [2.45, 2.75) is 11.4 Å². The van der Waals surface area contributed by atoms with Crippen LogP contribution in [-0.4, -0.2) is 43.6 Å². The van der Waals surface area contributed by atoms with Crippen LogP contribution in [0.2, 0.25) is 0 Å². The number of hydrogen-bond donors (Lipinski definition) is 0. The molecule has 1 aromatic heterocycles. The van der Waals surface area contributed by atoms with Crippen LogP contribution in [0.15, 0.2) is 69.0 Å². The van der Waals surface area contributed by atoms with E-state index in [4.69, 9.17) is 14.0 Å². The Kier molecular flexibility index (Phi) is 6.91. The molecule has 0 radical (unpaired) electrons. The molecule has 0 bridgehead atoms. The Balaban J connectivity index is 1.86. The van der Waals surface area contributed by atoms with Crippen LogP contribution in [0, 0.1) is 0 Å². The first-order chi connectivity index (χ1) is 14.4. The lowest BCUT2D eigenvalue weighted by Gasteiger charge is -2.18. The number of sulfonamides is 1. The number of benzene rings is 2. The monoisotopic (exact) mass is 493 g/mol. The van der Waals surface area contributed by atoms with Crippen molar-refractivity contribution >= 4 is 26.0 Å². The van der Waals surface area contributed by atoms with E-state index in [9.17, 15) is 8.42 Å². The number of hydrogen-bond acceptors (Lipinski definition) is 7. The highest BCUT2D eigenvalue weighted by Gasteiger charge is 2.26. The summed E-state index contributed by atoms with van der Waals surface area (Å²) in [5.74, 6) is 1.56. The second kappa shape index (κ2) is 9.41. The van der Waals surface area contributed by atoms with Crippen LogP contribution < -0.4 is 9.47 Å². The fourth-order valence-corrected chi connectivity index (χ4v) is 4.33. The molecule has 10 heteroatoms. The molecular formula is C20H20BrN3O5S. The normalized spacial score (nSPS) is 11.5. The van der Waals surface area contributed by atoms with Gasteiger partial charge in [-0.15, -0.1) is 6.58 Å². The Morgan fingerprint density at radius 1 is 1.13 bits per heavy atom. The van der Waals surface area contributed by atoms with Gasteiger partial charge in [-0.3, -0.25) is 0 Å². The summed E-state index contributed by atoms with van der Waals surface area (Å²) in [6.07, 6.45) is 1.50. The highest BCUT2D eigenvalue weighted by atomic mass is 79.9. The minimum atomic E-state index is -3.78. The second-order valence-electron chi connectivity index (χ2n) is 6.12. The van der Waals surface area contributed by atoms with Crippen LogP contribution in [-0.2, 0) is 16.6 Å². The largest absolute Gasteiger partial charge is 0.493 e. The van der Waals surface area contributed by atoms with Gasteiger partial charge in [-0.05, 0) is 42.5 Å². The van der Waals surface area contributed by atoms with E-state index in [-0.39, 0.29) is 23.9 Å². The summed E-state index contributed by atoms with van der Waals surface area (Å²) in [4.78, 5) is 4.49. The number of nitrogens with zero attached hydrogens (tertiary/aromatic N) is 3. The molecule has 3 aromatic rings. The van der Waals surface area contributed by atoms with E-state index in [0.29, 0.717) is 22.9 Å². The van der Waals surface area contributed by atoms with Gasteiger partial charge in [0.25, 0.3) is 0 Å². The number of ether oxygens (including phenoxy) is 2. The van der Waals surface area contributed by atoms with Gasteiger partial charge in [0.15, 0.2) is 11.5 Å². The molecule has 0 aliphatic carbocycles. The molecule has 2 aromatic carbocycles. The van der Waals surface area contributed by atoms with E-state index in [1.54, 1.807) is 37.4 Å². The van der Waals surface area contributed by atoms with Crippen molar-refractivity contribution in [3.8, 4) is 22.9 Å². The summed E-state index contributed by atoms with van der Waals surface area (Å²) >= 11 is 3.30. The first-order valence-electron chi connectivity index (χ1n) is 8.80. The molecule has 0 atom stereocenters. The SMILES string of the molecule is C=CCN(Cc1nc(-c2ccc(OC)c(OC)c2)no1)S(=O)(=O)c1ccc(Br)cc1. The van der Waals surface area contributed by atoms with Crippen LogP contribution in [0.4, 0.5) is 0 Å². The van der Waals surface area contributed by atoms with E-state index in [2.05, 4.69) is 32.6 Å². The minimum absolute atomic E-state index is 0.0898. The second-order valence-corrected chi connectivity index (χ2v) is 8.98. The van der Waals surface area contributed by atoms with Crippen LogP contribution in [0.3, 0.4) is 0 Å². The lowest BCUT2D eigenvalue weighted by atomic mass is 10.2. The smallest absolute Gasteiger partial charge is 0.243 e. The molecule has 3 rings (SSSR count). The molecular weight excluding hydrogens is 474 g/mol. The summed E-state index contributed by atoms with van der Waals surface area (Å²) < 4.78 is 43.8. The fourth-order valence-electron chi connectivity index (χ4n) is 2.71. The van der Waals surface area contributed by atoms with Gasteiger partial charge in [-0.2, -0.15) is 9.29 Å². The van der Waals surface area contributed by atoms with Crippen molar-refractivity contribution in [1.29, 1.82) is 0 Å². The molecule has 0 fully saturated rings. The molecule has 0 spiro atoms. The van der Waals surface area contributed by atoms with E-state index < -0.39 is 10.0 Å². The average molecular weight is 494 g/mol. The van der Waals surface area contributed by atoms with Crippen molar-refractivity contribution in [1.82, 2.24) is 14.4 Å². The van der Waals surface area contributed by atoms with Crippen molar-refractivity contribution in [2.75, 3.05) is 20.8 Å². The van der Waals surface area contributed by atoms with Gasteiger partial charge in [-0.1, -0.05) is 27.2 Å². The zero-order valence-electron chi connectivity index (χ0n) is 16.4. The Bertz CT molecular complexity index is 1130. The summed E-state index contributed by atoms with van der Waals surface area (Å²) in [5.41, 5.74) is 0.647. The number of aromatic nitrogens is 2. The Morgan fingerprint density at radius 2 is 1.83 bits per heavy atom. The molecule has 0 aliphatic rings. The van der Waals surface area contributed by atoms with Crippen molar-refractivity contribution < 1.29 is 22.4 Å². The highest BCUT2D eigenvalue weighted by Crippen LogP contribution is 2.31. The van der Waals surface area contributed by atoms with Gasteiger partial charge < -0.3 is 14.0 Å². The molecule has 8 nitrogen and oxygen atoms in total. The third-order valence-corrected chi connectivity index (χ3v) is 6.56. The fraction of sp³-hybridized carbons (Fsp3) is 0.200. The Hall–Kier alpha value is -2.69. The molecule has 0 N–H and O–H groups in total. The maximum absolute atomic E-state index is 13.0. The van der Waals surface area contributed by atoms with Crippen LogP contribution in [0.5, 0.6) is 11.5 Å². The zero-order chi connectivity index (χ0) is 21.7. The predicted octanol–water partition coefficient (Wildman–Crippen LogP) is 3.89. The number of rotatable bonds is 9. The molecule has 0 unspecified atom stereocenters. The summed E-state index contributed by atoms with van der Waals surface area (Å²) in [6, 6.07) is 11.6. The van der Waals surface area contributed by atoms with Crippen molar-refractivity contribution in [2.24, 2.45) is 0 Å². The molecule has 0 aliphatic heterocycles. The molecule has 158 valence electrons. The van der Waals surface area contributed by atoms with Crippen LogP contribution in [0.25, 0.3) is 11.4 Å². The first kappa shape index (κ1) is 22.0. The minimum Gasteiger partial charge on any atom is -0.493 e. The van der Waals surface area contributed by atoms with E-state index >= 15 is 0 Å². The average Bonchev–Trinajstić information content (AvgIpc) is 3.22. The summed E-state index contributed by atoms with van der Waals surface area (Å²) in [5, 5.41) is 3.96. The van der Waals surface area contributed by atoms with Gasteiger partial charge in [-0.25, -0.2) is 8.42 Å². The summed E-state index contributed by atoms with van der Waals surface area (Å²) in [7, 11) is -0.699. The lowest BCUT2D eigenvalue weighted by Crippen LogP contribution is -2.31. The quantitative estimate of drug-likeness (QED) is 0.417. The zero-order valence-corrected chi connectivity index (χ0v) is 18.8. The molecule has 1 heterocycles. The highest BCUT2D eigenvalue weighted by molar-refractivity contribution is 9.10. The maximum atomic E-state index is 13.0. The van der Waals surface area contributed by atoms with Crippen LogP contribution in [0.1, 0.15) is 5.89 Å². The Labute approximate surface area is 183 Å². The van der Waals surface area contributed by atoms with E-state index in [1.807, 2.05) is 0 Å². The third-order valence-electron chi connectivity index (χ3n) is 4.21. The number of methoxy groups -OCH3 is 2. The lowest BCUT2D eigenvalue weighted by molar-refractivity contribution is 0.327. The predicted molar refractivity (Wildman–Crippen MR) is 115 cm³/mol. The van der Waals surface area contributed by atoms with Crippen molar-refractivity contribution in [3.63, 3.8) is 0 Å². The van der Waals surface area contributed by atoms with Crippen molar-refractivity contribution in [3.05, 3.63) is 65.5 Å². The third kappa shape index (κ3) is 4.72. The number of halogens is 1. The molecule has 30 heavy (non-hydrogen) atoms.